The number of phenolic OH excluding ortho intramolecular Hbond substituents is 1. The van der Waals surface area contributed by atoms with E-state index in [1.807, 2.05) is 0 Å². The zero-order valence-electron chi connectivity index (χ0n) is 12.1. The predicted molar refractivity (Wildman–Crippen MR) is 81.4 cm³/mol. The van der Waals surface area contributed by atoms with Crippen LogP contribution in [-0.2, 0) is 7.05 Å². The highest BCUT2D eigenvalue weighted by atomic mass is 16.5. The Kier molecular flexibility index (Phi) is 4.31. The Bertz CT molecular complexity index is 805. The van der Waals surface area contributed by atoms with E-state index in [0.717, 1.165) is 0 Å². The lowest BCUT2D eigenvalue weighted by Gasteiger charge is -2.05. The number of aromatic hydroxyl groups is 2. The van der Waals surface area contributed by atoms with E-state index in [0.29, 0.717) is 11.4 Å². The minimum atomic E-state index is -0.530. The summed E-state index contributed by atoms with van der Waals surface area (Å²) in [6.07, 6.45) is 3.94. The maximum atomic E-state index is 12.1. The van der Waals surface area contributed by atoms with Crippen molar-refractivity contribution in [2.45, 2.75) is 0 Å². The maximum Gasteiger partial charge on any atom is 0.223 e. The van der Waals surface area contributed by atoms with Crippen molar-refractivity contribution >= 4 is 11.9 Å². The molecule has 0 bridgehead atoms. The summed E-state index contributed by atoms with van der Waals surface area (Å²) in [5.74, 6) is -0.521. The first-order chi connectivity index (χ1) is 10.4. The van der Waals surface area contributed by atoms with Gasteiger partial charge in [0.25, 0.3) is 0 Å². The molecular formula is C16H15NO5. The number of rotatable bonds is 4. The summed E-state index contributed by atoms with van der Waals surface area (Å²) in [5.41, 5.74) is 0.0440. The van der Waals surface area contributed by atoms with E-state index < -0.39 is 11.2 Å². The second kappa shape index (κ2) is 6.17. The quantitative estimate of drug-likeness (QED) is 0.663. The van der Waals surface area contributed by atoms with Crippen LogP contribution in [0, 0.1) is 0 Å². The zero-order valence-corrected chi connectivity index (χ0v) is 12.1. The van der Waals surface area contributed by atoms with Gasteiger partial charge >= 0.3 is 0 Å². The van der Waals surface area contributed by atoms with Crippen LogP contribution >= 0.6 is 0 Å². The standard InChI is InChI=1S/C16H15NO5/c1-17-9-16(21)15(20)7-10(17)3-6-13(18)12-5-4-11(22-2)8-14(12)19/h3-9,19,21H,1-2H3/b6-3+. The zero-order chi connectivity index (χ0) is 16.3. The topological polar surface area (TPSA) is 88.8 Å². The van der Waals surface area contributed by atoms with Crippen molar-refractivity contribution in [2.75, 3.05) is 7.11 Å². The number of hydrogen-bond acceptors (Lipinski definition) is 5. The van der Waals surface area contributed by atoms with Gasteiger partial charge < -0.3 is 19.5 Å². The van der Waals surface area contributed by atoms with Gasteiger partial charge in [-0.15, -0.1) is 0 Å². The van der Waals surface area contributed by atoms with Crippen molar-refractivity contribution in [1.29, 1.82) is 0 Å². The molecule has 0 saturated carbocycles. The van der Waals surface area contributed by atoms with Gasteiger partial charge in [0.2, 0.25) is 5.43 Å². The lowest BCUT2D eigenvalue weighted by molar-refractivity contribution is 0.104. The van der Waals surface area contributed by atoms with E-state index in [4.69, 9.17) is 4.74 Å². The van der Waals surface area contributed by atoms with Gasteiger partial charge in [-0.3, -0.25) is 9.59 Å². The molecule has 2 rings (SSSR count). The molecule has 0 unspecified atom stereocenters. The van der Waals surface area contributed by atoms with Crippen LogP contribution in [0.2, 0.25) is 0 Å². The first kappa shape index (κ1) is 15.4. The highest BCUT2D eigenvalue weighted by Gasteiger charge is 2.09. The van der Waals surface area contributed by atoms with E-state index in [9.17, 15) is 19.8 Å². The summed E-state index contributed by atoms with van der Waals surface area (Å²) in [4.78, 5) is 23.5. The van der Waals surface area contributed by atoms with E-state index in [1.54, 1.807) is 13.1 Å². The Morgan fingerprint density at radius 2 is 1.95 bits per heavy atom. The molecule has 2 aromatic rings. The molecule has 0 aliphatic rings. The molecule has 0 spiro atoms. The monoisotopic (exact) mass is 301 g/mol. The van der Waals surface area contributed by atoms with E-state index in [-0.39, 0.29) is 17.1 Å². The van der Waals surface area contributed by atoms with Crippen molar-refractivity contribution in [3.05, 3.63) is 58.0 Å². The smallest absolute Gasteiger partial charge is 0.223 e. The van der Waals surface area contributed by atoms with Gasteiger partial charge in [0, 0.05) is 31.1 Å². The van der Waals surface area contributed by atoms with E-state index in [2.05, 4.69) is 0 Å². The molecule has 0 fully saturated rings. The number of benzene rings is 1. The summed E-state index contributed by atoms with van der Waals surface area (Å²) < 4.78 is 6.46. The number of carbonyl (C=O) groups is 1. The van der Waals surface area contributed by atoms with Crippen LogP contribution in [0.3, 0.4) is 0 Å². The van der Waals surface area contributed by atoms with Crippen LogP contribution in [0.15, 0.2) is 41.3 Å². The van der Waals surface area contributed by atoms with Gasteiger partial charge in [0.05, 0.1) is 12.7 Å². The number of phenols is 1. The molecule has 0 radical (unpaired) electrons. The van der Waals surface area contributed by atoms with Crippen molar-refractivity contribution in [3.8, 4) is 17.2 Å². The molecule has 1 aromatic carbocycles. The lowest BCUT2D eigenvalue weighted by atomic mass is 10.1. The first-order valence-corrected chi connectivity index (χ1v) is 6.41. The number of ketones is 1. The number of carbonyl (C=O) groups excluding carboxylic acids is 1. The molecule has 114 valence electrons. The molecular weight excluding hydrogens is 286 g/mol. The van der Waals surface area contributed by atoms with Gasteiger partial charge in [-0.05, 0) is 24.3 Å². The van der Waals surface area contributed by atoms with Crippen LogP contribution in [0.25, 0.3) is 6.08 Å². The molecule has 0 aliphatic heterocycles. The molecule has 0 atom stereocenters. The van der Waals surface area contributed by atoms with Crippen LogP contribution in [0.5, 0.6) is 17.2 Å². The number of aromatic nitrogens is 1. The molecule has 6 nitrogen and oxygen atoms in total. The third kappa shape index (κ3) is 3.17. The Morgan fingerprint density at radius 1 is 1.23 bits per heavy atom. The summed E-state index contributed by atoms with van der Waals surface area (Å²) in [6, 6.07) is 5.58. The molecule has 0 saturated heterocycles. The van der Waals surface area contributed by atoms with Gasteiger partial charge in [-0.1, -0.05) is 0 Å². The number of allylic oxidation sites excluding steroid dienone is 1. The number of nitrogens with zero attached hydrogens (tertiary/aromatic N) is 1. The van der Waals surface area contributed by atoms with Gasteiger partial charge in [-0.2, -0.15) is 0 Å². The molecule has 0 aliphatic carbocycles. The van der Waals surface area contributed by atoms with Crippen LogP contribution in [0.1, 0.15) is 16.1 Å². The van der Waals surface area contributed by atoms with Crippen molar-refractivity contribution < 1.29 is 19.7 Å². The highest BCUT2D eigenvalue weighted by molar-refractivity contribution is 6.08. The van der Waals surface area contributed by atoms with Gasteiger partial charge in [0.15, 0.2) is 11.5 Å². The van der Waals surface area contributed by atoms with Crippen molar-refractivity contribution in [1.82, 2.24) is 4.57 Å². The third-order valence-corrected chi connectivity index (χ3v) is 3.13. The summed E-state index contributed by atoms with van der Waals surface area (Å²) >= 11 is 0. The van der Waals surface area contributed by atoms with Gasteiger partial charge in [-0.25, -0.2) is 0 Å². The van der Waals surface area contributed by atoms with E-state index in [1.165, 1.54) is 48.2 Å². The lowest BCUT2D eigenvalue weighted by Crippen LogP contribution is -2.06. The fourth-order valence-corrected chi connectivity index (χ4v) is 1.89. The molecule has 0 amide bonds. The fourth-order valence-electron chi connectivity index (χ4n) is 1.89. The average Bonchev–Trinajstić information content (AvgIpc) is 2.49. The Morgan fingerprint density at radius 3 is 2.59 bits per heavy atom. The Balaban J connectivity index is 2.29. The normalized spacial score (nSPS) is 10.8. The van der Waals surface area contributed by atoms with Crippen molar-refractivity contribution in [2.24, 2.45) is 7.05 Å². The number of pyridine rings is 1. The SMILES string of the molecule is COc1ccc(C(=O)/C=C/c2cc(=O)c(O)cn2C)c(O)c1. The van der Waals surface area contributed by atoms with Crippen LogP contribution in [0.4, 0.5) is 0 Å². The van der Waals surface area contributed by atoms with Gasteiger partial charge in [0.1, 0.15) is 11.5 Å². The minimum absolute atomic E-state index is 0.126. The average molecular weight is 301 g/mol. The predicted octanol–water partition coefficient (Wildman–Crippen LogP) is 1.70. The number of ether oxygens (including phenoxy) is 1. The summed E-state index contributed by atoms with van der Waals surface area (Å²) in [7, 11) is 3.09. The molecule has 2 N–H and O–H groups in total. The molecule has 1 heterocycles. The van der Waals surface area contributed by atoms with Crippen LogP contribution < -0.4 is 10.2 Å². The highest BCUT2D eigenvalue weighted by Crippen LogP contribution is 2.24. The minimum Gasteiger partial charge on any atom is -0.507 e. The molecule has 1 aromatic heterocycles. The second-order valence-electron chi connectivity index (χ2n) is 4.64. The maximum absolute atomic E-state index is 12.1. The molecule has 22 heavy (non-hydrogen) atoms. The fraction of sp³-hybridized carbons (Fsp3) is 0.125. The number of methoxy groups -OCH3 is 1. The summed E-state index contributed by atoms with van der Waals surface area (Å²) in [6.45, 7) is 0. The van der Waals surface area contributed by atoms with Crippen molar-refractivity contribution in [3.63, 3.8) is 0 Å². The third-order valence-electron chi connectivity index (χ3n) is 3.13. The largest absolute Gasteiger partial charge is 0.507 e. The van der Waals surface area contributed by atoms with Crippen LogP contribution in [-0.4, -0.2) is 27.7 Å². The number of hydrogen-bond donors (Lipinski definition) is 2. The first-order valence-electron chi connectivity index (χ1n) is 6.41. The Labute approximate surface area is 126 Å². The Hall–Kier alpha value is -3.02. The second-order valence-corrected chi connectivity index (χ2v) is 4.64. The molecule has 6 heteroatoms. The van der Waals surface area contributed by atoms with E-state index >= 15 is 0 Å². The summed E-state index contributed by atoms with van der Waals surface area (Å²) in [5, 5.41) is 19.1. The number of aryl methyl sites for hydroxylation is 1.